The molecule has 2 aromatic rings. The van der Waals surface area contributed by atoms with Crippen LogP contribution in [-0.4, -0.2) is 89.1 Å². The van der Waals surface area contributed by atoms with E-state index in [-0.39, 0.29) is 48.2 Å². The van der Waals surface area contributed by atoms with Gasteiger partial charge in [0.15, 0.2) is 0 Å². The summed E-state index contributed by atoms with van der Waals surface area (Å²) in [5, 5.41) is 10.7. The minimum absolute atomic E-state index is 0.139. The van der Waals surface area contributed by atoms with E-state index in [1.807, 2.05) is 68.4 Å². The van der Waals surface area contributed by atoms with Crippen molar-refractivity contribution >= 4 is 50.7 Å². The normalized spacial score (nSPS) is 26.4. The minimum atomic E-state index is -1.27. The summed E-state index contributed by atoms with van der Waals surface area (Å²) in [7, 11) is 0. The number of halogens is 1. The predicted octanol–water partition coefficient (Wildman–Crippen LogP) is 5.43. The van der Waals surface area contributed by atoms with E-state index in [9.17, 15) is 14.7 Å². The van der Waals surface area contributed by atoms with Crippen LogP contribution in [0.4, 0.5) is 17.1 Å². The molecule has 2 bridgehead atoms. The number of fused-ring (bicyclic) bond motifs is 1. The molecule has 1 spiro atoms. The van der Waals surface area contributed by atoms with Gasteiger partial charge in [0.05, 0.1) is 30.6 Å². The smallest absolute Gasteiger partial charge is 0.253 e. The van der Waals surface area contributed by atoms with Crippen LogP contribution in [0.5, 0.6) is 0 Å². The maximum atomic E-state index is 15.1. The lowest BCUT2D eigenvalue weighted by Gasteiger charge is -2.40. The summed E-state index contributed by atoms with van der Waals surface area (Å²) in [5.41, 5.74) is 1.14. The number of ether oxygens (including phenoxy) is 1. The highest BCUT2D eigenvalue weighted by atomic mass is 79.9. The number of amides is 3. The zero-order chi connectivity index (χ0) is 34.7. The third-order valence-corrected chi connectivity index (χ3v) is 11.0. The van der Waals surface area contributed by atoms with Crippen LogP contribution in [0.2, 0.25) is 0 Å². The fourth-order valence-corrected chi connectivity index (χ4v) is 9.06. The molecule has 3 fully saturated rings. The van der Waals surface area contributed by atoms with Gasteiger partial charge in [-0.15, -0.1) is 13.2 Å². The molecule has 3 unspecified atom stereocenters. The summed E-state index contributed by atoms with van der Waals surface area (Å²) >= 11 is 3.80. The summed E-state index contributed by atoms with van der Waals surface area (Å²) in [5.74, 6) is -2.48. The van der Waals surface area contributed by atoms with Crippen molar-refractivity contribution in [1.29, 1.82) is 0 Å². The van der Waals surface area contributed by atoms with Crippen LogP contribution in [-0.2, 0) is 19.1 Å². The molecule has 3 aliphatic heterocycles. The van der Waals surface area contributed by atoms with Gasteiger partial charge in [0.25, 0.3) is 5.91 Å². The molecule has 5 rings (SSSR count). The molecule has 0 aromatic heterocycles. The number of rotatable bonds is 15. The Morgan fingerprint density at radius 2 is 1.54 bits per heavy atom. The van der Waals surface area contributed by atoms with Gasteiger partial charge in [-0.2, -0.15) is 0 Å². The number of nitrogens with zero attached hydrogens (tertiary/aromatic N) is 4. The zero-order valence-electron chi connectivity index (χ0n) is 28.5. The van der Waals surface area contributed by atoms with Crippen molar-refractivity contribution in [1.82, 2.24) is 4.90 Å². The van der Waals surface area contributed by atoms with E-state index in [2.05, 4.69) is 47.8 Å². The number of anilines is 3. The van der Waals surface area contributed by atoms with Crippen molar-refractivity contribution in [2.24, 2.45) is 17.8 Å². The number of alkyl halides is 1. The number of para-hydroxylation sites is 1. The molecule has 3 saturated heterocycles. The lowest BCUT2D eigenvalue weighted by molar-refractivity contribution is -0.144. The Kier molecular flexibility index (Phi) is 11.2. The fraction of sp³-hybridized carbons (Fsp3) is 0.500. The third-order valence-electron chi connectivity index (χ3n) is 10.1. The first-order valence-electron chi connectivity index (χ1n) is 17.1. The van der Waals surface area contributed by atoms with Crippen LogP contribution < -0.4 is 14.7 Å². The van der Waals surface area contributed by atoms with Crippen LogP contribution in [0.25, 0.3) is 0 Å². The van der Waals surface area contributed by atoms with Crippen LogP contribution in [0.3, 0.4) is 0 Å². The van der Waals surface area contributed by atoms with Crippen LogP contribution >= 0.6 is 15.9 Å². The molecule has 0 aliphatic carbocycles. The van der Waals surface area contributed by atoms with Crippen LogP contribution in [0.15, 0.2) is 79.9 Å². The molecular weight excluding hydrogens is 672 g/mol. The molecule has 10 heteroatoms. The number of benzene rings is 2. The molecule has 0 radical (unpaired) electrons. The average molecular weight is 722 g/mol. The summed E-state index contributed by atoms with van der Waals surface area (Å²) in [6.45, 7) is 17.9. The lowest BCUT2D eigenvalue weighted by atomic mass is 9.70. The first-order chi connectivity index (χ1) is 23.1. The van der Waals surface area contributed by atoms with E-state index in [1.54, 1.807) is 26.9 Å². The van der Waals surface area contributed by atoms with Gasteiger partial charge >= 0.3 is 0 Å². The first-order valence-corrected chi connectivity index (χ1v) is 18.0. The van der Waals surface area contributed by atoms with E-state index in [1.165, 1.54) is 0 Å². The van der Waals surface area contributed by atoms with Crippen molar-refractivity contribution < 1.29 is 24.2 Å². The van der Waals surface area contributed by atoms with Crippen molar-refractivity contribution in [3.05, 3.63) is 79.9 Å². The van der Waals surface area contributed by atoms with Crippen molar-refractivity contribution in [2.75, 3.05) is 47.5 Å². The summed E-state index contributed by atoms with van der Waals surface area (Å²) in [4.78, 5) is 51.3. The van der Waals surface area contributed by atoms with Gasteiger partial charge in [-0.3, -0.25) is 14.4 Å². The molecule has 3 heterocycles. The Labute approximate surface area is 293 Å². The lowest BCUT2D eigenvalue weighted by Crippen LogP contribution is -2.59. The van der Waals surface area contributed by atoms with E-state index in [4.69, 9.17) is 4.74 Å². The van der Waals surface area contributed by atoms with Crippen LogP contribution in [0.1, 0.15) is 40.5 Å². The summed E-state index contributed by atoms with van der Waals surface area (Å²) in [6, 6.07) is 15.5. The average Bonchev–Trinajstić information content (AvgIpc) is 3.68. The third kappa shape index (κ3) is 6.23. The Bertz CT molecular complexity index is 1480. The highest BCUT2D eigenvalue weighted by Crippen LogP contribution is 2.61. The number of aliphatic hydroxyl groups is 1. The number of aliphatic hydroxyl groups excluding tert-OH is 1. The van der Waals surface area contributed by atoms with Crippen LogP contribution in [0, 0.1) is 17.8 Å². The van der Waals surface area contributed by atoms with Gasteiger partial charge in [0, 0.05) is 48.1 Å². The second-order valence-electron chi connectivity index (χ2n) is 13.4. The first kappa shape index (κ1) is 35.8. The zero-order valence-corrected chi connectivity index (χ0v) is 30.1. The molecule has 1 N–H and O–H groups in total. The van der Waals surface area contributed by atoms with Gasteiger partial charge in [-0.25, -0.2) is 0 Å². The molecule has 48 heavy (non-hydrogen) atoms. The van der Waals surface area contributed by atoms with Gasteiger partial charge in [-0.05, 0) is 69.0 Å². The Balaban J connectivity index is 1.61. The van der Waals surface area contributed by atoms with Gasteiger partial charge in [0.2, 0.25) is 11.8 Å². The molecular formula is C38H49BrN4O5. The van der Waals surface area contributed by atoms with E-state index in [0.717, 1.165) is 18.8 Å². The largest absolute Gasteiger partial charge is 0.394 e. The molecule has 3 amide bonds. The Morgan fingerprint density at radius 1 is 0.979 bits per heavy atom. The van der Waals surface area contributed by atoms with E-state index >= 15 is 4.79 Å². The Morgan fingerprint density at radius 3 is 2.08 bits per heavy atom. The fourth-order valence-electron chi connectivity index (χ4n) is 8.11. The minimum Gasteiger partial charge on any atom is -0.394 e. The van der Waals surface area contributed by atoms with Crippen molar-refractivity contribution in [3.8, 4) is 0 Å². The quantitative estimate of drug-likeness (QED) is 0.195. The van der Waals surface area contributed by atoms with Gasteiger partial charge in [0.1, 0.15) is 11.6 Å². The predicted molar refractivity (Wildman–Crippen MR) is 194 cm³/mol. The maximum Gasteiger partial charge on any atom is 0.253 e. The van der Waals surface area contributed by atoms with Crippen molar-refractivity contribution in [3.63, 3.8) is 0 Å². The number of carbonyl (C=O) groups is 3. The van der Waals surface area contributed by atoms with Crippen molar-refractivity contribution in [2.45, 2.75) is 69.2 Å². The molecule has 7 atom stereocenters. The maximum absolute atomic E-state index is 15.1. The molecule has 2 aromatic carbocycles. The molecule has 3 aliphatic rings. The molecule has 258 valence electrons. The van der Waals surface area contributed by atoms with E-state index in [0.29, 0.717) is 24.2 Å². The summed E-state index contributed by atoms with van der Waals surface area (Å²) in [6.07, 6.45) is 3.59. The second-order valence-corrected chi connectivity index (χ2v) is 14.6. The molecule has 0 saturated carbocycles. The number of hydrogen-bond donors (Lipinski definition) is 1. The van der Waals surface area contributed by atoms with Gasteiger partial charge < -0.3 is 29.4 Å². The summed E-state index contributed by atoms with van der Waals surface area (Å²) < 4.78 is 6.83. The number of hydrogen-bond acceptors (Lipinski definition) is 6. The highest BCUT2D eigenvalue weighted by Gasteiger charge is 2.77. The topological polar surface area (TPSA) is 93.6 Å². The second kappa shape index (κ2) is 15.0. The monoisotopic (exact) mass is 720 g/mol. The SMILES string of the molecule is C=CCN(C(=O)C1N([C@@H](CO)CC(C)C)C(=O)[C@@H]2[C@@H](C(=O)N(CC=C)c3ccccc3)[C@@H]3OC12CC3Br)c1ccc(N(CC)CC)cc1. The van der Waals surface area contributed by atoms with Gasteiger partial charge in [-0.1, -0.05) is 60.1 Å². The Hall–Kier alpha value is -3.47. The standard InChI is InChI=1S/C38H49BrN4O5/c1-7-20-41(27-14-12-11-13-15-27)35(45)31-32-36(46)43(29(24-44)22-25(5)6)34(38(32)23-30(39)33(31)48-38)37(47)42(21-8-2)28-18-16-26(17-19-28)40(9-3)10-4/h7-8,11-19,25,29-34,44H,1-2,9-10,20-24H2,3-6H3/t29-,30?,31-,32+,33-,34?,38?/m1/s1. The number of likely N-dealkylation sites (tertiary alicyclic amines) is 1. The highest BCUT2D eigenvalue weighted by molar-refractivity contribution is 9.09. The van der Waals surface area contributed by atoms with E-state index < -0.39 is 35.6 Å². The molecule has 9 nitrogen and oxygen atoms in total. The number of carbonyl (C=O) groups excluding carboxylic acids is 3.